The molecule has 1 aromatic carbocycles. The lowest BCUT2D eigenvalue weighted by molar-refractivity contribution is 0.425. The molecule has 0 heterocycles. The standard InChI is InChI=1S/C6H7BO2S2/c8-7(9)5-2-1-4(10)3-6(5)11/h1-3,8-11H. The molecule has 0 fully saturated rings. The average Bonchev–Trinajstić information content (AvgIpc) is 1.85. The Kier molecular flexibility index (Phi) is 2.89. The Bertz CT molecular complexity index is 265. The van der Waals surface area contributed by atoms with Gasteiger partial charge in [0.05, 0.1) is 0 Å². The van der Waals surface area contributed by atoms with Crippen molar-refractivity contribution in [1.82, 2.24) is 0 Å². The predicted octanol–water partition coefficient (Wildman–Crippen LogP) is -0.0562. The Morgan fingerprint density at radius 1 is 1.18 bits per heavy atom. The van der Waals surface area contributed by atoms with Gasteiger partial charge >= 0.3 is 7.12 Å². The van der Waals surface area contributed by atoms with E-state index in [1.54, 1.807) is 18.2 Å². The molecule has 1 aromatic rings. The number of rotatable bonds is 1. The first-order valence-electron chi connectivity index (χ1n) is 2.99. The molecule has 0 radical (unpaired) electrons. The van der Waals surface area contributed by atoms with Crippen molar-refractivity contribution in [3.63, 3.8) is 0 Å². The van der Waals surface area contributed by atoms with E-state index >= 15 is 0 Å². The largest absolute Gasteiger partial charge is 0.489 e. The third kappa shape index (κ3) is 2.17. The minimum atomic E-state index is -1.46. The van der Waals surface area contributed by atoms with E-state index in [9.17, 15) is 0 Å². The van der Waals surface area contributed by atoms with Crippen molar-refractivity contribution in [2.45, 2.75) is 9.79 Å². The van der Waals surface area contributed by atoms with Gasteiger partial charge in [-0.15, -0.1) is 25.3 Å². The Labute approximate surface area is 76.2 Å². The minimum absolute atomic E-state index is 0.395. The fourth-order valence-electron chi connectivity index (χ4n) is 0.750. The molecule has 11 heavy (non-hydrogen) atoms. The van der Waals surface area contributed by atoms with Gasteiger partial charge in [-0.1, -0.05) is 6.07 Å². The van der Waals surface area contributed by atoms with Crippen molar-refractivity contribution in [1.29, 1.82) is 0 Å². The maximum absolute atomic E-state index is 8.78. The smallest absolute Gasteiger partial charge is 0.423 e. The quantitative estimate of drug-likeness (QED) is 0.366. The summed E-state index contributed by atoms with van der Waals surface area (Å²) in [4.78, 5) is 1.28. The molecule has 0 bridgehead atoms. The van der Waals surface area contributed by atoms with Crippen LogP contribution in [0.4, 0.5) is 0 Å². The molecular weight excluding hydrogens is 179 g/mol. The minimum Gasteiger partial charge on any atom is -0.423 e. The molecule has 0 aliphatic heterocycles. The molecule has 58 valence electrons. The van der Waals surface area contributed by atoms with Crippen molar-refractivity contribution < 1.29 is 10.0 Å². The van der Waals surface area contributed by atoms with E-state index in [-0.39, 0.29) is 0 Å². The zero-order valence-electron chi connectivity index (χ0n) is 5.60. The lowest BCUT2D eigenvalue weighted by atomic mass is 9.80. The Balaban J connectivity index is 3.09. The van der Waals surface area contributed by atoms with Crippen LogP contribution in [-0.4, -0.2) is 17.2 Å². The zero-order valence-corrected chi connectivity index (χ0v) is 7.39. The molecule has 0 aromatic heterocycles. The Hall–Kier alpha value is -0.0951. The van der Waals surface area contributed by atoms with E-state index in [1.165, 1.54) is 0 Å². The molecule has 0 atom stereocenters. The summed E-state index contributed by atoms with van der Waals surface area (Å²) >= 11 is 8.10. The third-order valence-electron chi connectivity index (χ3n) is 1.29. The first kappa shape index (κ1) is 9.00. The molecule has 1 rings (SSSR count). The van der Waals surface area contributed by atoms with Crippen LogP contribution in [0.25, 0.3) is 0 Å². The summed E-state index contributed by atoms with van der Waals surface area (Å²) in [5, 5.41) is 17.6. The Morgan fingerprint density at radius 2 is 1.82 bits per heavy atom. The summed E-state index contributed by atoms with van der Waals surface area (Å²) in [6.07, 6.45) is 0. The summed E-state index contributed by atoms with van der Waals surface area (Å²) in [7, 11) is -1.46. The summed E-state index contributed by atoms with van der Waals surface area (Å²) < 4.78 is 0. The second kappa shape index (κ2) is 3.54. The van der Waals surface area contributed by atoms with Gasteiger partial charge < -0.3 is 10.0 Å². The van der Waals surface area contributed by atoms with Crippen LogP contribution in [0.1, 0.15) is 0 Å². The van der Waals surface area contributed by atoms with Crippen molar-refractivity contribution in [3.8, 4) is 0 Å². The highest BCUT2D eigenvalue weighted by Gasteiger charge is 2.13. The Morgan fingerprint density at radius 3 is 2.27 bits per heavy atom. The van der Waals surface area contributed by atoms with Crippen LogP contribution < -0.4 is 5.46 Å². The summed E-state index contributed by atoms with van der Waals surface area (Å²) in [6.45, 7) is 0. The van der Waals surface area contributed by atoms with Gasteiger partial charge in [-0.3, -0.25) is 0 Å². The van der Waals surface area contributed by atoms with E-state index in [2.05, 4.69) is 25.3 Å². The first-order valence-corrected chi connectivity index (χ1v) is 3.88. The van der Waals surface area contributed by atoms with Gasteiger partial charge in [0.2, 0.25) is 0 Å². The first-order chi connectivity index (χ1) is 5.11. The van der Waals surface area contributed by atoms with Crippen LogP contribution >= 0.6 is 25.3 Å². The molecule has 5 heteroatoms. The van der Waals surface area contributed by atoms with Gasteiger partial charge in [0.1, 0.15) is 0 Å². The van der Waals surface area contributed by atoms with Crippen LogP contribution in [0.5, 0.6) is 0 Å². The van der Waals surface area contributed by atoms with Crippen molar-refractivity contribution in [2.75, 3.05) is 0 Å². The van der Waals surface area contributed by atoms with Crippen LogP contribution in [0.3, 0.4) is 0 Å². The molecule has 2 N–H and O–H groups in total. The predicted molar refractivity (Wildman–Crippen MR) is 50.8 cm³/mol. The van der Waals surface area contributed by atoms with Crippen LogP contribution in [-0.2, 0) is 0 Å². The van der Waals surface area contributed by atoms with E-state index in [0.29, 0.717) is 10.4 Å². The molecule has 0 unspecified atom stereocenters. The number of thiol groups is 2. The maximum atomic E-state index is 8.78. The van der Waals surface area contributed by atoms with Gasteiger partial charge in [0.25, 0.3) is 0 Å². The topological polar surface area (TPSA) is 40.5 Å². The van der Waals surface area contributed by atoms with Gasteiger partial charge in [0.15, 0.2) is 0 Å². The third-order valence-corrected chi connectivity index (χ3v) is 1.96. The number of hydrogen-bond donors (Lipinski definition) is 4. The molecule has 0 spiro atoms. The molecule has 0 amide bonds. The SMILES string of the molecule is OB(O)c1ccc(S)cc1S. The van der Waals surface area contributed by atoms with E-state index in [4.69, 9.17) is 10.0 Å². The van der Waals surface area contributed by atoms with Gasteiger partial charge in [-0.2, -0.15) is 0 Å². The van der Waals surface area contributed by atoms with Crippen LogP contribution in [0, 0.1) is 0 Å². The molecule has 0 saturated carbocycles. The monoisotopic (exact) mass is 186 g/mol. The molecular formula is C6H7BO2S2. The second-order valence-corrected chi connectivity index (χ2v) is 3.11. The van der Waals surface area contributed by atoms with Crippen LogP contribution in [0.2, 0.25) is 0 Å². The lowest BCUT2D eigenvalue weighted by Crippen LogP contribution is -2.30. The molecule has 0 aliphatic rings. The van der Waals surface area contributed by atoms with Crippen molar-refractivity contribution in [3.05, 3.63) is 18.2 Å². The molecule has 0 saturated heterocycles. The van der Waals surface area contributed by atoms with Crippen molar-refractivity contribution in [2.24, 2.45) is 0 Å². The fourth-order valence-corrected chi connectivity index (χ4v) is 1.38. The highest BCUT2D eigenvalue weighted by molar-refractivity contribution is 7.81. The van der Waals surface area contributed by atoms with Crippen molar-refractivity contribution >= 4 is 37.8 Å². The lowest BCUT2D eigenvalue weighted by Gasteiger charge is -2.02. The van der Waals surface area contributed by atoms with E-state index in [0.717, 1.165) is 4.90 Å². The second-order valence-electron chi connectivity index (χ2n) is 2.12. The number of hydrogen-bond acceptors (Lipinski definition) is 4. The molecule has 2 nitrogen and oxygen atoms in total. The van der Waals surface area contributed by atoms with E-state index in [1.807, 2.05) is 0 Å². The summed E-state index contributed by atoms with van der Waals surface area (Å²) in [5.41, 5.74) is 0.395. The normalized spacial score (nSPS) is 9.82. The highest BCUT2D eigenvalue weighted by Crippen LogP contribution is 2.10. The summed E-state index contributed by atoms with van der Waals surface area (Å²) in [5.74, 6) is 0. The van der Waals surface area contributed by atoms with Gasteiger partial charge in [-0.05, 0) is 17.6 Å². The van der Waals surface area contributed by atoms with Gasteiger partial charge in [-0.25, -0.2) is 0 Å². The number of benzene rings is 1. The zero-order chi connectivity index (χ0) is 8.43. The maximum Gasteiger partial charge on any atom is 0.489 e. The fraction of sp³-hybridized carbons (Fsp3) is 0. The highest BCUT2D eigenvalue weighted by atomic mass is 32.1. The van der Waals surface area contributed by atoms with Gasteiger partial charge in [0, 0.05) is 9.79 Å². The molecule has 0 aliphatic carbocycles. The van der Waals surface area contributed by atoms with E-state index < -0.39 is 7.12 Å². The summed E-state index contributed by atoms with van der Waals surface area (Å²) in [6, 6.07) is 4.91. The average molecular weight is 186 g/mol. The van der Waals surface area contributed by atoms with Crippen LogP contribution in [0.15, 0.2) is 28.0 Å².